The summed E-state index contributed by atoms with van der Waals surface area (Å²) in [5.74, 6) is 0.391. The Kier molecular flexibility index (Phi) is 4.63. The van der Waals surface area contributed by atoms with Gasteiger partial charge in [-0.1, -0.05) is 28.1 Å². The standard InChI is InChI=1S/C14H13BrFNO2/c15-10-5-6-11(16)14(9-10)19-8-7-18-13-4-2-1-3-12(13)17/h1-6,9H,7-8,17H2. The van der Waals surface area contributed by atoms with Gasteiger partial charge in [0.1, 0.15) is 19.0 Å². The third kappa shape index (κ3) is 3.86. The van der Waals surface area contributed by atoms with E-state index in [2.05, 4.69) is 15.9 Å². The van der Waals surface area contributed by atoms with Gasteiger partial charge in [0.2, 0.25) is 0 Å². The van der Waals surface area contributed by atoms with E-state index >= 15 is 0 Å². The Hall–Kier alpha value is -1.75. The Morgan fingerprint density at radius 2 is 1.68 bits per heavy atom. The van der Waals surface area contributed by atoms with Gasteiger partial charge in [-0.15, -0.1) is 0 Å². The molecule has 0 aliphatic heterocycles. The second kappa shape index (κ2) is 6.43. The lowest BCUT2D eigenvalue weighted by Gasteiger charge is -2.10. The van der Waals surface area contributed by atoms with Crippen LogP contribution in [0.5, 0.6) is 11.5 Å². The van der Waals surface area contributed by atoms with Crippen LogP contribution in [-0.2, 0) is 0 Å². The van der Waals surface area contributed by atoms with Crippen LogP contribution < -0.4 is 15.2 Å². The second-order valence-electron chi connectivity index (χ2n) is 3.81. The van der Waals surface area contributed by atoms with Crippen LogP contribution in [0.15, 0.2) is 46.9 Å². The number of ether oxygens (including phenoxy) is 2. The molecular formula is C14H13BrFNO2. The summed E-state index contributed by atoms with van der Waals surface area (Å²) in [5.41, 5.74) is 6.29. The Bertz CT molecular complexity index is 563. The van der Waals surface area contributed by atoms with Crippen LogP contribution in [0.4, 0.5) is 10.1 Å². The number of rotatable bonds is 5. The predicted octanol–water partition coefficient (Wildman–Crippen LogP) is 3.63. The Morgan fingerprint density at radius 3 is 2.42 bits per heavy atom. The van der Waals surface area contributed by atoms with Crippen LogP contribution in [0.25, 0.3) is 0 Å². The molecule has 2 aromatic rings. The van der Waals surface area contributed by atoms with Gasteiger partial charge in [-0.05, 0) is 30.3 Å². The Morgan fingerprint density at radius 1 is 1.00 bits per heavy atom. The number of benzene rings is 2. The van der Waals surface area contributed by atoms with E-state index in [1.807, 2.05) is 12.1 Å². The van der Waals surface area contributed by atoms with Gasteiger partial charge >= 0.3 is 0 Å². The summed E-state index contributed by atoms with van der Waals surface area (Å²) in [6.45, 7) is 0.530. The zero-order valence-electron chi connectivity index (χ0n) is 10.1. The van der Waals surface area contributed by atoms with Crippen molar-refractivity contribution in [2.24, 2.45) is 0 Å². The van der Waals surface area contributed by atoms with Gasteiger partial charge < -0.3 is 15.2 Å². The summed E-state index contributed by atoms with van der Waals surface area (Å²) < 4.78 is 24.9. The smallest absolute Gasteiger partial charge is 0.165 e. The first-order valence-corrected chi connectivity index (χ1v) is 6.51. The molecule has 0 amide bonds. The van der Waals surface area contributed by atoms with Gasteiger partial charge in [-0.2, -0.15) is 0 Å². The number of nitrogens with two attached hydrogens (primary N) is 1. The first kappa shape index (κ1) is 13.7. The SMILES string of the molecule is Nc1ccccc1OCCOc1cc(Br)ccc1F. The monoisotopic (exact) mass is 325 g/mol. The minimum atomic E-state index is -0.401. The van der Waals surface area contributed by atoms with E-state index in [9.17, 15) is 4.39 Å². The lowest BCUT2D eigenvalue weighted by molar-refractivity contribution is 0.212. The highest BCUT2D eigenvalue weighted by atomic mass is 79.9. The van der Waals surface area contributed by atoms with Crippen molar-refractivity contribution in [2.75, 3.05) is 18.9 Å². The van der Waals surface area contributed by atoms with Crippen molar-refractivity contribution >= 4 is 21.6 Å². The van der Waals surface area contributed by atoms with Crippen molar-refractivity contribution in [3.63, 3.8) is 0 Å². The van der Waals surface area contributed by atoms with E-state index in [0.29, 0.717) is 18.0 Å². The van der Waals surface area contributed by atoms with Crippen LogP contribution in [0.3, 0.4) is 0 Å². The van der Waals surface area contributed by atoms with E-state index in [0.717, 1.165) is 4.47 Å². The Balaban J connectivity index is 1.84. The lowest BCUT2D eigenvalue weighted by atomic mass is 10.3. The van der Waals surface area contributed by atoms with Crippen LogP contribution in [0.1, 0.15) is 0 Å². The zero-order valence-corrected chi connectivity index (χ0v) is 11.7. The van der Waals surface area contributed by atoms with Crippen molar-refractivity contribution < 1.29 is 13.9 Å². The van der Waals surface area contributed by atoms with E-state index in [-0.39, 0.29) is 12.4 Å². The molecule has 0 saturated heterocycles. The third-order valence-electron chi connectivity index (χ3n) is 2.41. The number of para-hydroxylation sites is 2. The highest BCUT2D eigenvalue weighted by molar-refractivity contribution is 9.10. The van der Waals surface area contributed by atoms with Gasteiger partial charge in [0.25, 0.3) is 0 Å². The molecular weight excluding hydrogens is 313 g/mol. The largest absolute Gasteiger partial charge is 0.488 e. The number of anilines is 1. The van der Waals surface area contributed by atoms with Crippen molar-refractivity contribution in [1.82, 2.24) is 0 Å². The maximum absolute atomic E-state index is 13.4. The lowest BCUT2D eigenvalue weighted by Crippen LogP contribution is -2.10. The quantitative estimate of drug-likeness (QED) is 0.674. The van der Waals surface area contributed by atoms with Crippen LogP contribution >= 0.6 is 15.9 Å². The summed E-state index contributed by atoms with van der Waals surface area (Å²) in [4.78, 5) is 0. The molecule has 19 heavy (non-hydrogen) atoms. The fourth-order valence-electron chi connectivity index (χ4n) is 1.50. The van der Waals surface area contributed by atoms with Crippen molar-refractivity contribution in [3.8, 4) is 11.5 Å². The van der Waals surface area contributed by atoms with E-state index < -0.39 is 5.82 Å². The van der Waals surface area contributed by atoms with Crippen LogP contribution in [0.2, 0.25) is 0 Å². The molecule has 5 heteroatoms. The fraction of sp³-hybridized carbons (Fsp3) is 0.143. The van der Waals surface area contributed by atoms with Crippen LogP contribution in [0, 0.1) is 5.82 Å². The molecule has 0 saturated carbocycles. The Labute approximate surface area is 119 Å². The van der Waals surface area contributed by atoms with Gasteiger partial charge in [0, 0.05) is 4.47 Å². The molecule has 0 aliphatic carbocycles. The summed E-state index contributed by atoms with van der Waals surface area (Å²) in [7, 11) is 0. The van der Waals surface area contributed by atoms with Gasteiger partial charge in [-0.3, -0.25) is 0 Å². The molecule has 0 atom stereocenters. The fourth-order valence-corrected chi connectivity index (χ4v) is 1.84. The number of hydrogen-bond donors (Lipinski definition) is 1. The average molecular weight is 326 g/mol. The normalized spacial score (nSPS) is 10.2. The topological polar surface area (TPSA) is 44.5 Å². The molecule has 2 aromatic carbocycles. The predicted molar refractivity (Wildman–Crippen MR) is 75.9 cm³/mol. The molecule has 2 rings (SSSR count). The summed E-state index contributed by atoms with van der Waals surface area (Å²) in [5, 5.41) is 0. The molecule has 0 heterocycles. The molecule has 0 aromatic heterocycles. The molecule has 0 fully saturated rings. The molecule has 0 radical (unpaired) electrons. The van der Waals surface area contributed by atoms with E-state index in [1.54, 1.807) is 24.3 Å². The van der Waals surface area contributed by atoms with Crippen molar-refractivity contribution in [2.45, 2.75) is 0 Å². The number of halogens is 2. The molecule has 3 nitrogen and oxygen atoms in total. The first-order chi connectivity index (χ1) is 9.16. The van der Waals surface area contributed by atoms with Gasteiger partial charge in [0.05, 0.1) is 5.69 Å². The van der Waals surface area contributed by atoms with E-state index in [1.165, 1.54) is 6.07 Å². The number of hydrogen-bond acceptors (Lipinski definition) is 3. The molecule has 2 N–H and O–H groups in total. The third-order valence-corrected chi connectivity index (χ3v) is 2.90. The molecule has 0 unspecified atom stereocenters. The van der Waals surface area contributed by atoms with Crippen molar-refractivity contribution in [3.05, 3.63) is 52.8 Å². The number of nitrogen functional groups attached to an aromatic ring is 1. The average Bonchev–Trinajstić information content (AvgIpc) is 2.40. The van der Waals surface area contributed by atoms with E-state index in [4.69, 9.17) is 15.2 Å². The highest BCUT2D eigenvalue weighted by Gasteiger charge is 2.04. The summed E-state index contributed by atoms with van der Waals surface area (Å²) >= 11 is 3.26. The maximum Gasteiger partial charge on any atom is 0.165 e. The molecule has 100 valence electrons. The minimum Gasteiger partial charge on any atom is -0.488 e. The van der Waals surface area contributed by atoms with Gasteiger partial charge in [-0.25, -0.2) is 4.39 Å². The summed E-state index contributed by atoms with van der Waals surface area (Å²) in [6, 6.07) is 11.7. The molecule has 0 aliphatic rings. The summed E-state index contributed by atoms with van der Waals surface area (Å²) in [6.07, 6.45) is 0. The molecule has 0 spiro atoms. The highest BCUT2D eigenvalue weighted by Crippen LogP contribution is 2.22. The first-order valence-electron chi connectivity index (χ1n) is 5.72. The zero-order chi connectivity index (χ0) is 13.7. The maximum atomic E-state index is 13.4. The van der Waals surface area contributed by atoms with Gasteiger partial charge in [0.15, 0.2) is 11.6 Å². The second-order valence-corrected chi connectivity index (χ2v) is 4.73. The van der Waals surface area contributed by atoms with Crippen molar-refractivity contribution in [1.29, 1.82) is 0 Å². The molecule has 0 bridgehead atoms. The van der Waals surface area contributed by atoms with Crippen LogP contribution in [-0.4, -0.2) is 13.2 Å². The minimum absolute atomic E-state index is 0.194.